The van der Waals surface area contributed by atoms with E-state index in [1.807, 2.05) is 12.1 Å². The van der Waals surface area contributed by atoms with Crippen LogP contribution in [-0.4, -0.2) is 17.1 Å². The fourth-order valence-electron chi connectivity index (χ4n) is 4.15. The summed E-state index contributed by atoms with van der Waals surface area (Å²) in [7, 11) is 0. The van der Waals surface area contributed by atoms with Gasteiger partial charge in [0.05, 0.1) is 5.41 Å². The Hall–Kier alpha value is -2.89. The highest BCUT2D eigenvalue weighted by atomic mass is 19.3. The Morgan fingerprint density at radius 1 is 1.03 bits per heavy atom. The van der Waals surface area contributed by atoms with Crippen molar-refractivity contribution in [1.29, 1.82) is 0 Å². The Morgan fingerprint density at radius 3 is 2.47 bits per heavy atom. The van der Waals surface area contributed by atoms with Crippen LogP contribution in [0.15, 0.2) is 42.5 Å². The predicted molar refractivity (Wildman–Crippen MR) is 109 cm³/mol. The maximum Gasteiger partial charge on any atom is 0.586 e. The molecular formula is C24H23F2NO3. The number of nitrogens with one attached hydrogen (secondary N) is 1. The van der Waals surface area contributed by atoms with Crippen molar-refractivity contribution in [2.45, 2.75) is 57.2 Å². The van der Waals surface area contributed by atoms with Gasteiger partial charge in [-0.05, 0) is 59.7 Å². The van der Waals surface area contributed by atoms with Gasteiger partial charge in [0.2, 0.25) is 0 Å². The van der Waals surface area contributed by atoms with Crippen LogP contribution in [0.1, 0.15) is 50.4 Å². The highest BCUT2D eigenvalue weighted by Crippen LogP contribution is 2.52. The number of halogens is 2. The molecule has 2 heterocycles. The highest BCUT2D eigenvalue weighted by Gasteiger charge is 2.52. The largest absolute Gasteiger partial charge is 0.586 e. The van der Waals surface area contributed by atoms with E-state index >= 15 is 0 Å². The first kappa shape index (κ1) is 19.1. The summed E-state index contributed by atoms with van der Waals surface area (Å²) in [5.41, 5.74) is 3.25. The van der Waals surface area contributed by atoms with Crippen molar-refractivity contribution in [1.82, 2.24) is 4.98 Å². The molecule has 0 radical (unpaired) electrons. The first-order chi connectivity index (χ1) is 14.1. The minimum absolute atomic E-state index is 0.000407. The summed E-state index contributed by atoms with van der Waals surface area (Å²) >= 11 is 0. The average Bonchev–Trinajstić information content (AvgIpc) is 3.24. The predicted octanol–water partition coefficient (Wildman–Crippen LogP) is 5.63. The third kappa shape index (κ3) is 3.15. The second-order valence-electron chi connectivity index (χ2n) is 9.37. The minimum atomic E-state index is -3.65. The number of carbonyl (C=O) groups excluding carboxylic acids is 1. The van der Waals surface area contributed by atoms with Gasteiger partial charge in [0.15, 0.2) is 11.5 Å². The number of Topliss-reactive ketones (excluding diaryl/α,β-unsaturated/α-hetero) is 1. The number of carbonyl (C=O) groups is 1. The van der Waals surface area contributed by atoms with E-state index in [1.54, 1.807) is 6.07 Å². The molecule has 3 aromatic rings. The molecule has 156 valence electrons. The third-order valence-electron chi connectivity index (χ3n) is 6.10. The summed E-state index contributed by atoms with van der Waals surface area (Å²) in [5.74, 6) is 0.0821. The Balaban J connectivity index is 1.39. The first-order valence-electron chi connectivity index (χ1n) is 10.1. The Labute approximate surface area is 173 Å². The fourth-order valence-corrected chi connectivity index (χ4v) is 4.15. The van der Waals surface area contributed by atoms with E-state index in [2.05, 4.69) is 47.4 Å². The first-order valence-corrected chi connectivity index (χ1v) is 10.1. The van der Waals surface area contributed by atoms with Gasteiger partial charge in [0.25, 0.3) is 0 Å². The molecule has 0 bridgehead atoms. The second kappa shape index (κ2) is 6.06. The van der Waals surface area contributed by atoms with Crippen LogP contribution in [0.5, 0.6) is 11.5 Å². The van der Waals surface area contributed by atoms with E-state index in [0.717, 1.165) is 22.2 Å². The molecule has 0 atom stereocenters. The van der Waals surface area contributed by atoms with E-state index in [4.69, 9.17) is 0 Å². The summed E-state index contributed by atoms with van der Waals surface area (Å²) in [6.45, 7) is 6.46. The molecule has 0 spiro atoms. The molecule has 4 nitrogen and oxygen atoms in total. The van der Waals surface area contributed by atoms with E-state index < -0.39 is 11.7 Å². The monoisotopic (exact) mass is 411 g/mol. The number of rotatable bonds is 4. The van der Waals surface area contributed by atoms with Gasteiger partial charge in [0.1, 0.15) is 5.78 Å². The van der Waals surface area contributed by atoms with Crippen LogP contribution in [0.4, 0.5) is 8.78 Å². The summed E-state index contributed by atoms with van der Waals surface area (Å²) in [4.78, 5) is 16.6. The lowest BCUT2D eigenvalue weighted by Crippen LogP contribution is -2.26. The van der Waals surface area contributed by atoms with E-state index in [9.17, 15) is 13.6 Å². The number of aromatic nitrogens is 1. The van der Waals surface area contributed by atoms with E-state index in [0.29, 0.717) is 24.8 Å². The molecule has 1 aliphatic carbocycles. The van der Waals surface area contributed by atoms with Crippen LogP contribution >= 0.6 is 0 Å². The van der Waals surface area contributed by atoms with Crippen LogP contribution in [-0.2, 0) is 22.0 Å². The molecule has 1 aromatic heterocycles. The van der Waals surface area contributed by atoms with Crippen LogP contribution in [0.25, 0.3) is 10.9 Å². The van der Waals surface area contributed by atoms with Crippen molar-refractivity contribution in [2.24, 2.45) is 0 Å². The van der Waals surface area contributed by atoms with Crippen molar-refractivity contribution in [3.63, 3.8) is 0 Å². The molecule has 1 N–H and O–H groups in total. The lowest BCUT2D eigenvalue weighted by atomic mass is 9.87. The van der Waals surface area contributed by atoms with Gasteiger partial charge in [-0.15, -0.1) is 8.78 Å². The van der Waals surface area contributed by atoms with E-state index in [1.165, 1.54) is 12.1 Å². The Bertz CT molecular complexity index is 1170. The summed E-state index contributed by atoms with van der Waals surface area (Å²) < 4.78 is 35.7. The maximum atomic E-state index is 13.3. The summed E-state index contributed by atoms with van der Waals surface area (Å²) in [5, 5.41) is 1.08. The Morgan fingerprint density at radius 2 is 1.77 bits per heavy atom. The molecule has 0 amide bonds. The standard InChI is InChI=1S/C24H23F2NO3/c1-22(2,3)20-12-15-10-14(4-6-17(15)27-20)11-21(28)23(8-9-23)16-5-7-18-19(13-16)30-24(25,26)29-18/h4-7,10,12-13,27H,8-9,11H2,1-3H3. The van der Waals surface area contributed by atoms with Crippen molar-refractivity contribution in [2.75, 3.05) is 0 Å². The average molecular weight is 411 g/mol. The molecule has 6 heteroatoms. The molecule has 1 fully saturated rings. The zero-order valence-corrected chi connectivity index (χ0v) is 17.1. The minimum Gasteiger partial charge on any atom is -0.395 e. The number of benzene rings is 2. The van der Waals surface area contributed by atoms with E-state index in [-0.39, 0.29) is 22.7 Å². The lowest BCUT2D eigenvalue weighted by molar-refractivity contribution is -0.286. The van der Waals surface area contributed by atoms with Crippen molar-refractivity contribution in [3.8, 4) is 11.5 Å². The van der Waals surface area contributed by atoms with Crippen LogP contribution < -0.4 is 9.47 Å². The summed E-state index contributed by atoms with van der Waals surface area (Å²) in [6, 6.07) is 12.8. The molecule has 1 saturated carbocycles. The molecule has 2 aromatic carbocycles. The van der Waals surface area contributed by atoms with Gasteiger partial charge in [-0.2, -0.15) is 0 Å². The SMILES string of the molecule is CC(C)(C)c1cc2cc(CC(=O)C3(c4ccc5c(c4)OC(F)(F)O5)CC3)ccc2[nH]1. The number of aromatic amines is 1. The number of H-pyrrole nitrogens is 1. The molecule has 0 unspecified atom stereocenters. The van der Waals surface area contributed by atoms with Crippen LogP contribution in [0, 0.1) is 0 Å². The molecular weight excluding hydrogens is 388 g/mol. The number of hydrogen-bond donors (Lipinski definition) is 1. The zero-order chi connectivity index (χ0) is 21.3. The quantitative estimate of drug-likeness (QED) is 0.605. The van der Waals surface area contributed by atoms with Crippen molar-refractivity contribution >= 4 is 16.7 Å². The van der Waals surface area contributed by atoms with Gasteiger partial charge in [-0.3, -0.25) is 4.79 Å². The van der Waals surface area contributed by atoms with Crippen LogP contribution in [0.2, 0.25) is 0 Å². The molecule has 0 saturated heterocycles. The van der Waals surface area contributed by atoms with Gasteiger partial charge >= 0.3 is 6.29 Å². The van der Waals surface area contributed by atoms with Crippen molar-refractivity contribution < 1.29 is 23.0 Å². The smallest absolute Gasteiger partial charge is 0.395 e. The second-order valence-corrected chi connectivity index (χ2v) is 9.37. The topological polar surface area (TPSA) is 51.3 Å². The maximum absolute atomic E-state index is 13.3. The van der Waals surface area contributed by atoms with Crippen molar-refractivity contribution in [3.05, 3.63) is 59.3 Å². The number of hydrogen-bond acceptors (Lipinski definition) is 3. The van der Waals surface area contributed by atoms with Gasteiger partial charge < -0.3 is 14.5 Å². The normalized spacial score (nSPS) is 18.6. The van der Waals surface area contributed by atoms with Gasteiger partial charge in [-0.25, -0.2) is 0 Å². The lowest BCUT2D eigenvalue weighted by Gasteiger charge is -2.15. The number of ether oxygens (including phenoxy) is 2. The molecule has 5 rings (SSSR count). The zero-order valence-electron chi connectivity index (χ0n) is 17.1. The number of fused-ring (bicyclic) bond motifs is 2. The van der Waals surface area contributed by atoms with Gasteiger partial charge in [-0.1, -0.05) is 32.9 Å². The van der Waals surface area contributed by atoms with Crippen LogP contribution in [0.3, 0.4) is 0 Å². The third-order valence-corrected chi connectivity index (χ3v) is 6.10. The molecule has 2 aliphatic rings. The fraction of sp³-hybridized carbons (Fsp3) is 0.375. The summed E-state index contributed by atoms with van der Waals surface area (Å²) in [6.07, 6.45) is -1.93. The Kier molecular flexibility index (Phi) is 3.86. The highest BCUT2D eigenvalue weighted by molar-refractivity contribution is 5.95. The van der Waals surface area contributed by atoms with Gasteiger partial charge in [0, 0.05) is 23.0 Å². The number of alkyl halides is 2. The molecule has 30 heavy (non-hydrogen) atoms. The number of ketones is 1. The molecule has 1 aliphatic heterocycles.